The lowest BCUT2D eigenvalue weighted by Gasteiger charge is -2.11. The van der Waals surface area contributed by atoms with Crippen LogP contribution in [0.2, 0.25) is 0 Å². The topological polar surface area (TPSA) is 49.3 Å². The molecule has 1 saturated carbocycles. The fourth-order valence-electron chi connectivity index (χ4n) is 2.14. The maximum absolute atomic E-state index is 11.9. The van der Waals surface area contributed by atoms with Gasteiger partial charge in [-0.05, 0) is 36.5 Å². The molecule has 1 fully saturated rings. The molecule has 1 atom stereocenters. The van der Waals surface area contributed by atoms with E-state index < -0.39 is 0 Å². The van der Waals surface area contributed by atoms with Crippen molar-refractivity contribution < 1.29 is 9.90 Å². The van der Waals surface area contributed by atoms with Crippen LogP contribution < -0.4 is 5.32 Å². The zero-order valence-corrected chi connectivity index (χ0v) is 11.9. The van der Waals surface area contributed by atoms with E-state index in [1.54, 1.807) is 0 Å². The van der Waals surface area contributed by atoms with Gasteiger partial charge in [0, 0.05) is 24.4 Å². The monoisotopic (exact) mass is 271 g/mol. The average molecular weight is 271 g/mol. The lowest BCUT2D eigenvalue weighted by molar-refractivity contribution is -0.125. The number of hydrogen-bond acceptors (Lipinski definition) is 2. The number of carbonyl (C=O) groups excluding carboxylic acids is 1. The summed E-state index contributed by atoms with van der Waals surface area (Å²) in [6.45, 7) is 2.64. The molecular weight excluding hydrogens is 250 g/mol. The smallest absolute Gasteiger partial charge is 0.223 e. The van der Waals surface area contributed by atoms with E-state index >= 15 is 0 Å². The molecule has 3 nitrogen and oxygen atoms in total. The molecule has 0 saturated heterocycles. The minimum atomic E-state index is 0.0851. The molecule has 2 rings (SSSR count). The van der Waals surface area contributed by atoms with Crippen LogP contribution in [0, 0.1) is 23.7 Å². The number of carbonyl (C=O) groups is 1. The second-order valence-electron chi connectivity index (χ2n) is 5.32. The second kappa shape index (κ2) is 7.12. The van der Waals surface area contributed by atoms with Gasteiger partial charge < -0.3 is 10.4 Å². The van der Waals surface area contributed by atoms with Gasteiger partial charge in [0.1, 0.15) is 0 Å². The van der Waals surface area contributed by atoms with Gasteiger partial charge in [-0.25, -0.2) is 0 Å². The Balaban J connectivity index is 1.88. The van der Waals surface area contributed by atoms with Crippen molar-refractivity contribution in [3.05, 3.63) is 35.4 Å². The lowest BCUT2D eigenvalue weighted by atomic mass is 10.1. The van der Waals surface area contributed by atoms with Crippen LogP contribution in [0.5, 0.6) is 0 Å². The third-order valence-electron chi connectivity index (χ3n) is 3.61. The maximum atomic E-state index is 11.9. The van der Waals surface area contributed by atoms with Crippen molar-refractivity contribution in [2.75, 3.05) is 6.61 Å². The lowest BCUT2D eigenvalue weighted by Crippen LogP contribution is -2.29. The zero-order chi connectivity index (χ0) is 14.4. The van der Waals surface area contributed by atoms with Crippen LogP contribution >= 0.6 is 0 Å². The molecule has 3 heteroatoms. The first-order valence-corrected chi connectivity index (χ1v) is 7.17. The number of nitrogens with one attached hydrogen (secondary N) is 1. The molecule has 0 radical (unpaired) electrons. The van der Waals surface area contributed by atoms with E-state index in [2.05, 4.69) is 17.2 Å². The third kappa shape index (κ3) is 4.40. The first-order chi connectivity index (χ1) is 9.70. The maximum Gasteiger partial charge on any atom is 0.223 e. The van der Waals surface area contributed by atoms with Crippen molar-refractivity contribution in [1.82, 2.24) is 5.32 Å². The molecule has 20 heavy (non-hydrogen) atoms. The highest BCUT2D eigenvalue weighted by molar-refractivity contribution is 5.78. The molecule has 1 aromatic rings. The summed E-state index contributed by atoms with van der Waals surface area (Å²) in [5.74, 6) is 6.76. The minimum absolute atomic E-state index is 0.0851. The number of aliphatic hydroxyl groups is 1. The Kier molecular flexibility index (Phi) is 5.20. The van der Waals surface area contributed by atoms with E-state index in [1.807, 2.05) is 31.2 Å². The van der Waals surface area contributed by atoms with E-state index in [1.165, 1.54) is 12.8 Å². The second-order valence-corrected chi connectivity index (χ2v) is 5.32. The summed E-state index contributed by atoms with van der Waals surface area (Å²) in [4.78, 5) is 11.9. The summed E-state index contributed by atoms with van der Waals surface area (Å²) in [5.41, 5.74) is 1.97. The molecule has 1 aliphatic rings. The van der Waals surface area contributed by atoms with Gasteiger partial charge in [0.05, 0.1) is 6.61 Å². The predicted octanol–water partition coefficient (Wildman–Crippen LogP) is 2.08. The molecule has 1 aromatic carbocycles. The van der Waals surface area contributed by atoms with E-state index in [-0.39, 0.29) is 18.4 Å². The van der Waals surface area contributed by atoms with Crippen LogP contribution in [0.1, 0.15) is 37.3 Å². The minimum Gasteiger partial charge on any atom is -0.395 e. The Bertz CT molecular complexity index is 523. The third-order valence-corrected chi connectivity index (χ3v) is 3.61. The molecule has 0 bridgehead atoms. The molecule has 1 unspecified atom stereocenters. The first kappa shape index (κ1) is 14.6. The average Bonchev–Trinajstić information content (AvgIpc) is 3.29. The summed E-state index contributed by atoms with van der Waals surface area (Å²) in [6, 6.07) is 7.84. The van der Waals surface area contributed by atoms with Crippen LogP contribution in [0.25, 0.3) is 0 Å². The Labute approximate surface area is 120 Å². The molecule has 0 spiro atoms. The van der Waals surface area contributed by atoms with Crippen molar-refractivity contribution in [2.24, 2.45) is 11.8 Å². The largest absolute Gasteiger partial charge is 0.395 e. The van der Waals surface area contributed by atoms with Gasteiger partial charge in [0.2, 0.25) is 5.91 Å². The molecule has 106 valence electrons. The Morgan fingerprint density at radius 3 is 3.00 bits per heavy atom. The zero-order valence-electron chi connectivity index (χ0n) is 11.9. The number of rotatable bonds is 5. The van der Waals surface area contributed by atoms with Gasteiger partial charge in [-0.2, -0.15) is 0 Å². The SMILES string of the molecule is CC(C(=O)NCc1cccc(C#CCCO)c1)C1CC1. The predicted molar refractivity (Wildman–Crippen MR) is 78.8 cm³/mol. The van der Waals surface area contributed by atoms with Gasteiger partial charge >= 0.3 is 0 Å². The fraction of sp³-hybridized carbons (Fsp3) is 0.471. The van der Waals surface area contributed by atoms with Crippen molar-refractivity contribution in [1.29, 1.82) is 0 Å². The number of aliphatic hydroxyl groups excluding tert-OH is 1. The van der Waals surface area contributed by atoms with Gasteiger partial charge in [-0.3, -0.25) is 4.79 Å². The highest BCUT2D eigenvalue weighted by atomic mass is 16.2. The first-order valence-electron chi connectivity index (χ1n) is 7.17. The van der Waals surface area contributed by atoms with Gasteiger partial charge in [0.15, 0.2) is 0 Å². The van der Waals surface area contributed by atoms with Gasteiger partial charge in [-0.1, -0.05) is 30.9 Å². The summed E-state index contributed by atoms with van der Waals surface area (Å²) in [6.07, 6.45) is 2.86. The van der Waals surface area contributed by atoms with Crippen LogP contribution in [0.15, 0.2) is 24.3 Å². The molecule has 0 aromatic heterocycles. The van der Waals surface area contributed by atoms with E-state index in [9.17, 15) is 4.79 Å². The number of hydrogen-bond donors (Lipinski definition) is 2. The van der Waals surface area contributed by atoms with Crippen LogP contribution in [-0.2, 0) is 11.3 Å². The van der Waals surface area contributed by atoms with Crippen molar-refractivity contribution in [2.45, 2.75) is 32.7 Å². The summed E-state index contributed by atoms with van der Waals surface area (Å²) >= 11 is 0. The molecular formula is C17H21NO2. The van der Waals surface area contributed by atoms with Crippen LogP contribution in [0.3, 0.4) is 0 Å². The van der Waals surface area contributed by atoms with E-state index in [0.29, 0.717) is 18.9 Å². The molecule has 1 aliphatic carbocycles. The highest BCUT2D eigenvalue weighted by Crippen LogP contribution is 2.36. The Morgan fingerprint density at radius 2 is 2.30 bits per heavy atom. The standard InChI is InChI=1S/C17H21NO2/c1-13(16-8-9-16)17(20)18-12-15-7-4-6-14(11-15)5-2-3-10-19/h4,6-7,11,13,16,19H,3,8-10,12H2,1H3,(H,18,20). The van der Waals surface area contributed by atoms with E-state index in [4.69, 9.17) is 5.11 Å². The quantitative estimate of drug-likeness (QED) is 0.806. The summed E-state index contributed by atoms with van der Waals surface area (Å²) in [5, 5.41) is 11.7. The Morgan fingerprint density at radius 1 is 1.50 bits per heavy atom. The normalized spacial score (nSPS) is 15.1. The summed E-state index contributed by atoms with van der Waals surface area (Å²) < 4.78 is 0. The van der Waals surface area contributed by atoms with Gasteiger partial charge in [0.25, 0.3) is 0 Å². The highest BCUT2D eigenvalue weighted by Gasteiger charge is 2.32. The van der Waals surface area contributed by atoms with Crippen LogP contribution in [-0.4, -0.2) is 17.6 Å². The number of benzene rings is 1. The van der Waals surface area contributed by atoms with Crippen molar-refractivity contribution >= 4 is 5.91 Å². The molecule has 1 amide bonds. The van der Waals surface area contributed by atoms with E-state index in [0.717, 1.165) is 11.1 Å². The summed E-state index contributed by atoms with van der Waals surface area (Å²) in [7, 11) is 0. The Hall–Kier alpha value is -1.79. The van der Waals surface area contributed by atoms with Crippen molar-refractivity contribution in [3.63, 3.8) is 0 Å². The fourth-order valence-corrected chi connectivity index (χ4v) is 2.14. The molecule has 0 heterocycles. The number of amides is 1. The van der Waals surface area contributed by atoms with Crippen molar-refractivity contribution in [3.8, 4) is 11.8 Å². The van der Waals surface area contributed by atoms with Gasteiger partial charge in [-0.15, -0.1) is 0 Å². The van der Waals surface area contributed by atoms with Crippen LogP contribution in [0.4, 0.5) is 0 Å². The molecule has 0 aliphatic heterocycles. The molecule has 2 N–H and O–H groups in total.